The third kappa shape index (κ3) is 2.09. The molecule has 5 fully saturated rings. The number of nitrogens with one attached hydrogen (secondary N) is 1. The van der Waals surface area contributed by atoms with Gasteiger partial charge < -0.3 is 19.9 Å². The van der Waals surface area contributed by atoms with E-state index < -0.39 is 27.5 Å². The van der Waals surface area contributed by atoms with Gasteiger partial charge in [0.25, 0.3) is 0 Å². The van der Waals surface area contributed by atoms with Crippen molar-refractivity contribution in [3.05, 3.63) is 23.3 Å². The molecule has 2 bridgehead atoms. The topological polar surface area (TPSA) is 96.0 Å². The number of amides is 3. The Kier molecular flexibility index (Phi) is 3.70. The molecular weight excluding hydrogens is 458 g/mol. The first-order valence-electron chi connectivity index (χ1n) is 13.0. The lowest BCUT2D eigenvalue weighted by Crippen LogP contribution is -2.79. The highest BCUT2D eigenvalue weighted by Gasteiger charge is 2.80. The van der Waals surface area contributed by atoms with Crippen LogP contribution in [-0.2, 0) is 19.8 Å². The lowest BCUT2D eigenvalue weighted by molar-refractivity contribution is -0.188. The number of likely N-dealkylation sites (N-methyl/N-ethyl adjacent to an activating group) is 1. The summed E-state index contributed by atoms with van der Waals surface area (Å²) >= 11 is 0. The highest BCUT2D eigenvalue weighted by atomic mass is 16.5. The van der Waals surface area contributed by atoms with Crippen LogP contribution in [-0.4, -0.2) is 63.6 Å². The van der Waals surface area contributed by atoms with Crippen molar-refractivity contribution in [2.75, 3.05) is 18.9 Å². The first-order chi connectivity index (χ1) is 16.7. The van der Waals surface area contributed by atoms with Crippen molar-refractivity contribution in [2.24, 2.45) is 17.3 Å². The summed E-state index contributed by atoms with van der Waals surface area (Å²) in [6, 6.07) is 3.77. The van der Waals surface area contributed by atoms with Crippen LogP contribution in [0.4, 0.5) is 5.69 Å². The number of Topliss-reactive ketones (excluding diaryl/α,β-unsaturated/α-hetero) is 1. The molecule has 1 aromatic rings. The van der Waals surface area contributed by atoms with E-state index in [1.54, 1.807) is 0 Å². The van der Waals surface area contributed by atoms with Crippen LogP contribution >= 0.6 is 0 Å². The standard InChI is InChI=1S/C28H33N3O5/c1-14-9-26-11-18-25(4,5)28(12-27(18,30(6)23(26)35)13-31(26)21(14)33)15-7-8-17-19(20(15)29-22(28)34)16(32)10-24(2,3)36-17/h7-8,14,18H,9-13H2,1-6H3,(H,29,34)/t14-,18+,26+,27-,28-/m1/s1. The summed E-state index contributed by atoms with van der Waals surface area (Å²) < 4.78 is 6.13. The second-order valence-electron chi connectivity index (χ2n) is 13.4. The number of nitrogens with zero attached hydrogens (tertiary/aromatic N) is 2. The predicted molar refractivity (Wildman–Crippen MR) is 131 cm³/mol. The molecule has 8 rings (SSSR count). The monoisotopic (exact) mass is 491 g/mol. The number of piperazine rings is 1. The maximum atomic E-state index is 14.1. The van der Waals surface area contributed by atoms with Crippen molar-refractivity contribution in [3.63, 3.8) is 0 Å². The molecule has 4 saturated heterocycles. The van der Waals surface area contributed by atoms with Crippen molar-refractivity contribution >= 4 is 29.2 Å². The lowest BCUT2D eigenvalue weighted by Gasteiger charge is -2.63. The van der Waals surface area contributed by atoms with Crippen LogP contribution in [0.25, 0.3) is 0 Å². The number of rotatable bonds is 0. The van der Waals surface area contributed by atoms with Crippen LogP contribution in [0.1, 0.15) is 76.2 Å². The largest absolute Gasteiger partial charge is 0.487 e. The Hall–Kier alpha value is -2.90. The summed E-state index contributed by atoms with van der Waals surface area (Å²) in [7, 11) is 1.86. The van der Waals surface area contributed by atoms with Crippen molar-refractivity contribution in [2.45, 2.75) is 82.4 Å². The molecule has 0 unspecified atom stereocenters. The second-order valence-corrected chi connectivity index (χ2v) is 13.4. The fourth-order valence-electron chi connectivity index (χ4n) is 9.27. The van der Waals surface area contributed by atoms with E-state index in [4.69, 9.17) is 4.74 Å². The second kappa shape index (κ2) is 5.97. The van der Waals surface area contributed by atoms with Gasteiger partial charge in [-0.05, 0) is 56.1 Å². The lowest BCUT2D eigenvalue weighted by atomic mass is 9.57. The molecule has 1 aliphatic carbocycles. The van der Waals surface area contributed by atoms with Gasteiger partial charge in [0.2, 0.25) is 17.7 Å². The molecule has 7 aliphatic rings. The minimum absolute atomic E-state index is 0.00503. The van der Waals surface area contributed by atoms with E-state index in [2.05, 4.69) is 19.2 Å². The molecule has 36 heavy (non-hydrogen) atoms. The summed E-state index contributed by atoms with van der Waals surface area (Å²) in [5.41, 5.74) is -1.66. The number of anilines is 1. The number of carbonyl (C=O) groups excluding carboxylic acids is 4. The Morgan fingerprint density at radius 3 is 2.50 bits per heavy atom. The Labute approximate surface area is 210 Å². The number of ketones is 1. The molecular formula is C28H33N3O5. The molecule has 0 aromatic heterocycles. The molecule has 5 atom stereocenters. The number of carbonyl (C=O) groups is 4. The van der Waals surface area contributed by atoms with Crippen LogP contribution < -0.4 is 10.1 Å². The Morgan fingerprint density at radius 1 is 1.06 bits per heavy atom. The van der Waals surface area contributed by atoms with Gasteiger partial charge in [-0.1, -0.05) is 26.8 Å². The van der Waals surface area contributed by atoms with Crippen molar-refractivity contribution in [1.29, 1.82) is 0 Å². The smallest absolute Gasteiger partial charge is 0.248 e. The van der Waals surface area contributed by atoms with E-state index in [0.717, 1.165) is 5.56 Å². The van der Waals surface area contributed by atoms with E-state index in [1.165, 1.54) is 0 Å². The highest BCUT2D eigenvalue weighted by molar-refractivity contribution is 6.16. The van der Waals surface area contributed by atoms with E-state index >= 15 is 0 Å². The third-order valence-electron chi connectivity index (χ3n) is 10.9. The molecule has 190 valence electrons. The van der Waals surface area contributed by atoms with Crippen LogP contribution in [0.2, 0.25) is 0 Å². The van der Waals surface area contributed by atoms with Crippen LogP contribution in [0, 0.1) is 17.3 Å². The summed E-state index contributed by atoms with van der Waals surface area (Å²) in [4.78, 5) is 58.1. The quantitative estimate of drug-likeness (QED) is 0.602. The first-order valence-corrected chi connectivity index (χ1v) is 13.0. The fourth-order valence-corrected chi connectivity index (χ4v) is 9.27. The Morgan fingerprint density at radius 2 is 1.78 bits per heavy atom. The van der Waals surface area contributed by atoms with Gasteiger partial charge >= 0.3 is 0 Å². The summed E-state index contributed by atoms with van der Waals surface area (Å²) in [5.74, 6) is 0.250. The molecule has 3 spiro atoms. The summed E-state index contributed by atoms with van der Waals surface area (Å²) in [6.07, 6.45) is 1.77. The zero-order chi connectivity index (χ0) is 25.8. The third-order valence-corrected chi connectivity index (χ3v) is 10.9. The molecule has 6 aliphatic heterocycles. The number of fused-ring (bicyclic) bond motifs is 5. The minimum Gasteiger partial charge on any atom is -0.487 e. The molecule has 1 aromatic carbocycles. The van der Waals surface area contributed by atoms with E-state index in [1.807, 2.05) is 49.8 Å². The molecule has 0 radical (unpaired) electrons. The fraction of sp³-hybridized carbons (Fsp3) is 0.643. The average molecular weight is 492 g/mol. The van der Waals surface area contributed by atoms with Gasteiger partial charge in [-0.15, -0.1) is 0 Å². The average Bonchev–Trinajstić information content (AvgIpc) is 3.29. The highest BCUT2D eigenvalue weighted by Crippen LogP contribution is 2.72. The van der Waals surface area contributed by atoms with E-state index in [9.17, 15) is 19.2 Å². The number of hydrogen-bond acceptors (Lipinski definition) is 5. The Bertz CT molecular complexity index is 1330. The first kappa shape index (κ1) is 22.3. The molecule has 1 N–H and O–H groups in total. The zero-order valence-electron chi connectivity index (χ0n) is 21.8. The van der Waals surface area contributed by atoms with E-state index in [-0.39, 0.29) is 41.8 Å². The number of piperidine rings is 2. The zero-order valence-corrected chi connectivity index (χ0v) is 21.8. The van der Waals surface area contributed by atoms with Gasteiger partial charge in [0, 0.05) is 19.5 Å². The van der Waals surface area contributed by atoms with Crippen LogP contribution in [0.15, 0.2) is 12.1 Å². The molecule has 3 amide bonds. The molecule has 1 saturated carbocycles. The van der Waals surface area contributed by atoms with Crippen LogP contribution in [0.5, 0.6) is 5.75 Å². The summed E-state index contributed by atoms with van der Waals surface area (Å²) in [5, 5.41) is 3.10. The predicted octanol–water partition coefficient (Wildman–Crippen LogP) is 2.89. The SMILES string of the molecule is C[C@@H]1C[C@@]23C[C@H]4C(C)(C)[C@@]5(C[C@]4(CN2C1=O)N(C)C3=O)C(=O)Nc1c5ccc2c1C(=O)CC(C)(C)O2. The number of ether oxygens (including phenoxy) is 1. The molecule has 8 heteroatoms. The normalized spacial score (nSPS) is 40.7. The molecule has 8 nitrogen and oxygen atoms in total. The van der Waals surface area contributed by atoms with Crippen molar-refractivity contribution < 1.29 is 23.9 Å². The van der Waals surface area contributed by atoms with Gasteiger partial charge in [0.1, 0.15) is 16.9 Å². The number of hydrogen-bond donors (Lipinski definition) is 1. The summed E-state index contributed by atoms with van der Waals surface area (Å²) in [6.45, 7) is 10.4. The van der Waals surface area contributed by atoms with Gasteiger partial charge in [-0.25, -0.2) is 0 Å². The van der Waals surface area contributed by atoms with Crippen LogP contribution in [0.3, 0.4) is 0 Å². The van der Waals surface area contributed by atoms with Crippen molar-refractivity contribution in [1.82, 2.24) is 9.80 Å². The van der Waals surface area contributed by atoms with Gasteiger partial charge in [-0.2, -0.15) is 0 Å². The van der Waals surface area contributed by atoms with Gasteiger partial charge in [0.15, 0.2) is 5.78 Å². The maximum Gasteiger partial charge on any atom is 0.248 e. The van der Waals surface area contributed by atoms with Gasteiger partial charge in [0.05, 0.1) is 28.6 Å². The number of benzene rings is 1. The van der Waals surface area contributed by atoms with E-state index in [0.29, 0.717) is 42.8 Å². The van der Waals surface area contributed by atoms with Gasteiger partial charge in [-0.3, -0.25) is 19.2 Å². The maximum absolute atomic E-state index is 14.1. The minimum atomic E-state index is -0.927. The Balaban J connectivity index is 1.42. The van der Waals surface area contributed by atoms with Crippen molar-refractivity contribution in [3.8, 4) is 5.75 Å². The molecule has 6 heterocycles.